The molecule has 2 atom stereocenters. The van der Waals surface area contributed by atoms with Gasteiger partial charge in [-0.3, -0.25) is 4.79 Å². The molecule has 0 aliphatic rings. The van der Waals surface area contributed by atoms with E-state index in [2.05, 4.69) is 0 Å². The van der Waals surface area contributed by atoms with Crippen LogP contribution in [-0.4, -0.2) is 29.0 Å². The molecule has 2 unspecified atom stereocenters. The molecule has 0 bridgehead atoms. The van der Waals surface area contributed by atoms with Gasteiger partial charge < -0.3 is 10.0 Å². The van der Waals surface area contributed by atoms with Crippen molar-refractivity contribution >= 4 is 23.6 Å². The van der Waals surface area contributed by atoms with Gasteiger partial charge in [0, 0.05) is 18.1 Å². The van der Waals surface area contributed by atoms with Crippen LogP contribution in [0.5, 0.6) is 0 Å². The van der Waals surface area contributed by atoms with Crippen molar-refractivity contribution in [3.05, 3.63) is 76.8 Å². The summed E-state index contributed by atoms with van der Waals surface area (Å²) in [7, 11) is 1.68. The summed E-state index contributed by atoms with van der Waals surface area (Å²) >= 11 is 6.06. The summed E-state index contributed by atoms with van der Waals surface area (Å²) < 4.78 is 0. The van der Waals surface area contributed by atoms with Crippen molar-refractivity contribution in [2.45, 2.75) is 19.1 Å². The standard InChI is InChI=1S/C19H20ClNO2/c1-14(19(23)16-9-4-3-5-10-16)21(2)18(22)13-12-15-8-6-7-11-17(15)20/h3-14,19,23H,1-2H3/b13-12+. The summed E-state index contributed by atoms with van der Waals surface area (Å²) in [5, 5.41) is 11.0. The summed E-state index contributed by atoms with van der Waals surface area (Å²) in [5.74, 6) is -0.188. The van der Waals surface area contributed by atoms with Crippen LogP contribution < -0.4 is 0 Å². The van der Waals surface area contributed by atoms with Gasteiger partial charge in [-0.2, -0.15) is 0 Å². The number of benzene rings is 2. The van der Waals surface area contributed by atoms with Gasteiger partial charge in [-0.1, -0.05) is 60.1 Å². The van der Waals surface area contributed by atoms with Crippen LogP contribution >= 0.6 is 11.6 Å². The second-order valence-corrected chi connectivity index (χ2v) is 5.81. The molecule has 0 radical (unpaired) electrons. The monoisotopic (exact) mass is 329 g/mol. The summed E-state index contributed by atoms with van der Waals surface area (Å²) in [5.41, 5.74) is 1.57. The summed E-state index contributed by atoms with van der Waals surface area (Å²) in [6.45, 7) is 1.82. The Morgan fingerprint density at radius 1 is 1.13 bits per heavy atom. The van der Waals surface area contributed by atoms with Gasteiger partial charge in [-0.25, -0.2) is 0 Å². The second kappa shape index (κ2) is 7.95. The largest absolute Gasteiger partial charge is 0.386 e. The number of halogens is 1. The Morgan fingerprint density at radius 2 is 1.74 bits per heavy atom. The summed E-state index contributed by atoms with van der Waals surface area (Å²) in [4.78, 5) is 13.8. The first-order chi connectivity index (χ1) is 11.0. The molecule has 0 aromatic heterocycles. The molecule has 0 saturated heterocycles. The Balaban J connectivity index is 2.06. The first-order valence-electron chi connectivity index (χ1n) is 7.43. The third-order valence-electron chi connectivity index (χ3n) is 3.87. The zero-order valence-electron chi connectivity index (χ0n) is 13.2. The first-order valence-corrected chi connectivity index (χ1v) is 7.81. The summed E-state index contributed by atoms with van der Waals surface area (Å²) in [6.07, 6.45) is 2.41. The molecule has 120 valence electrons. The quantitative estimate of drug-likeness (QED) is 0.844. The fourth-order valence-electron chi connectivity index (χ4n) is 2.23. The van der Waals surface area contributed by atoms with Gasteiger partial charge in [0.05, 0.1) is 12.1 Å². The van der Waals surface area contributed by atoms with Crippen molar-refractivity contribution in [2.24, 2.45) is 0 Å². The summed E-state index contributed by atoms with van der Waals surface area (Å²) in [6, 6.07) is 16.3. The number of carbonyl (C=O) groups excluding carboxylic acids is 1. The van der Waals surface area contributed by atoms with Crippen LogP contribution in [0.3, 0.4) is 0 Å². The van der Waals surface area contributed by atoms with E-state index in [1.54, 1.807) is 19.2 Å². The van der Waals surface area contributed by atoms with E-state index in [9.17, 15) is 9.90 Å². The highest BCUT2D eigenvalue weighted by atomic mass is 35.5. The van der Waals surface area contributed by atoms with E-state index in [4.69, 9.17) is 11.6 Å². The highest BCUT2D eigenvalue weighted by Gasteiger charge is 2.22. The van der Waals surface area contributed by atoms with Gasteiger partial charge in [0.1, 0.15) is 0 Å². The fourth-order valence-corrected chi connectivity index (χ4v) is 2.43. The maximum absolute atomic E-state index is 12.3. The molecule has 2 aromatic rings. The first kappa shape index (κ1) is 17.3. The second-order valence-electron chi connectivity index (χ2n) is 5.40. The minimum absolute atomic E-state index is 0.188. The van der Waals surface area contributed by atoms with E-state index < -0.39 is 6.10 Å². The molecule has 0 saturated carbocycles. The van der Waals surface area contributed by atoms with Crippen molar-refractivity contribution in [3.63, 3.8) is 0 Å². The Morgan fingerprint density at radius 3 is 2.39 bits per heavy atom. The molecule has 23 heavy (non-hydrogen) atoms. The van der Waals surface area contributed by atoms with Crippen LogP contribution in [0.15, 0.2) is 60.7 Å². The molecule has 0 aliphatic heterocycles. The van der Waals surface area contributed by atoms with Gasteiger partial charge in [-0.15, -0.1) is 0 Å². The van der Waals surface area contributed by atoms with Gasteiger partial charge in [0.15, 0.2) is 0 Å². The molecule has 2 aromatic carbocycles. The lowest BCUT2D eigenvalue weighted by Crippen LogP contribution is -2.38. The maximum atomic E-state index is 12.3. The van der Waals surface area contributed by atoms with Crippen LogP contribution in [0, 0.1) is 0 Å². The Hall–Kier alpha value is -2.10. The molecule has 0 heterocycles. The molecule has 2 rings (SSSR count). The molecular weight excluding hydrogens is 310 g/mol. The number of rotatable bonds is 5. The number of hydrogen-bond acceptors (Lipinski definition) is 2. The number of amides is 1. The lowest BCUT2D eigenvalue weighted by molar-refractivity contribution is -0.128. The average Bonchev–Trinajstić information content (AvgIpc) is 2.59. The van der Waals surface area contributed by atoms with E-state index in [1.165, 1.54) is 11.0 Å². The molecule has 0 spiro atoms. The molecular formula is C19H20ClNO2. The molecule has 4 heteroatoms. The molecule has 0 fully saturated rings. The highest BCUT2D eigenvalue weighted by molar-refractivity contribution is 6.32. The van der Waals surface area contributed by atoms with Crippen molar-refractivity contribution in [3.8, 4) is 0 Å². The van der Waals surface area contributed by atoms with Crippen molar-refractivity contribution < 1.29 is 9.90 Å². The van der Waals surface area contributed by atoms with E-state index >= 15 is 0 Å². The minimum atomic E-state index is -0.737. The van der Waals surface area contributed by atoms with Crippen molar-refractivity contribution in [2.75, 3.05) is 7.05 Å². The number of carbonyl (C=O) groups is 1. The maximum Gasteiger partial charge on any atom is 0.246 e. The third-order valence-corrected chi connectivity index (χ3v) is 4.21. The van der Waals surface area contributed by atoms with Gasteiger partial charge >= 0.3 is 0 Å². The molecule has 1 amide bonds. The van der Waals surface area contributed by atoms with Crippen LogP contribution in [0.2, 0.25) is 5.02 Å². The lowest BCUT2D eigenvalue weighted by Gasteiger charge is -2.28. The molecule has 3 nitrogen and oxygen atoms in total. The normalized spacial score (nSPS) is 13.7. The smallest absolute Gasteiger partial charge is 0.246 e. The molecule has 0 aliphatic carbocycles. The van der Waals surface area contributed by atoms with Gasteiger partial charge in [-0.05, 0) is 30.2 Å². The zero-order chi connectivity index (χ0) is 16.8. The Bertz CT molecular complexity index is 685. The number of likely N-dealkylation sites (N-methyl/N-ethyl adjacent to an activating group) is 1. The fraction of sp³-hybridized carbons (Fsp3) is 0.211. The van der Waals surface area contributed by atoms with E-state index in [0.717, 1.165) is 11.1 Å². The number of aliphatic hydroxyl groups excluding tert-OH is 1. The SMILES string of the molecule is CC(C(O)c1ccccc1)N(C)C(=O)/C=C/c1ccccc1Cl. The van der Waals surface area contributed by atoms with Crippen molar-refractivity contribution in [1.82, 2.24) is 4.90 Å². The van der Waals surface area contributed by atoms with Crippen molar-refractivity contribution in [1.29, 1.82) is 0 Å². The average molecular weight is 330 g/mol. The van der Waals surface area contributed by atoms with E-state index in [0.29, 0.717) is 5.02 Å². The number of nitrogens with zero attached hydrogens (tertiary/aromatic N) is 1. The van der Waals surface area contributed by atoms with Crippen LogP contribution in [0.1, 0.15) is 24.2 Å². The van der Waals surface area contributed by atoms with Gasteiger partial charge in [0.25, 0.3) is 0 Å². The Kier molecular flexibility index (Phi) is 5.97. The van der Waals surface area contributed by atoms with E-state index in [-0.39, 0.29) is 11.9 Å². The topological polar surface area (TPSA) is 40.5 Å². The van der Waals surface area contributed by atoms with E-state index in [1.807, 2.05) is 55.5 Å². The van der Waals surface area contributed by atoms with Crippen LogP contribution in [0.4, 0.5) is 0 Å². The Labute approximate surface area is 141 Å². The minimum Gasteiger partial charge on any atom is -0.386 e. The number of aliphatic hydroxyl groups is 1. The third kappa shape index (κ3) is 4.44. The van der Waals surface area contributed by atoms with Crippen LogP contribution in [0.25, 0.3) is 6.08 Å². The predicted molar refractivity (Wildman–Crippen MR) is 94.1 cm³/mol. The molecule has 1 N–H and O–H groups in total. The predicted octanol–water partition coefficient (Wildman–Crippen LogP) is 3.93. The van der Waals surface area contributed by atoms with Gasteiger partial charge in [0.2, 0.25) is 5.91 Å². The number of hydrogen-bond donors (Lipinski definition) is 1. The zero-order valence-corrected chi connectivity index (χ0v) is 13.9. The lowest BCUT2D eigenvalue weighted by atomic mass is 10.0. The highest BCUT2D eigenvalue weighted by Crippen LogP contribution is 2.21. The van der Waals surface area contributed by atoms with Crippen LogP contribution in [-0.2, 0) is 4.79 Å².